The van der Waals surface area contributed by atoms with Gasteiger partial charge in [-0.3, -0.25) is 4.98 Å². The molecule has 4 nitrogen and oxygen atoms in total. The first-order valence-electron chi connectivity index (χ1n) is 6.02. The van der Waals surface area contributed by atoms with Gasteiger partial charge in [0.1, 0.15) is 0 Å². The highest BCUT2D eigenvalue weighted by Gasteiger charge is 2.10. The minimum absolute atomic E-state index is 0.623. The van der Waals surface area contributed by atoms with Crippen LogP contribution in [0.15, 0.2) is 48.8 Å². The number of benzene rings is 1. The van der Waals surface area contributed by atoms with Crippen LogP contribution in [0.2, 0.25) is 0 Å². The highest BCUT2D eigenvalue weighted by molar-refractivity contribution is 5.81. The number of rotatable bonds is 4. The molecule has 0 amide bonds. The van der Waals surface area contributed by atoms with Crippen LogP contribution in [0.5, 0.6) is 11.5 Å². The molecule has 0 bridgehead atoms. The summed E-state index contributed by atoms with van der Waals surface area (Å²) in [7, 11) is 3.17. The van der Waals surface area contributed by atoms with Crippen LogP contribution < -0.4 is 9.47 Å². The van der Waals surface area contributed by atoms with Gasteiger partial charge in [-0.1, -0.05) is 12.1 Å². The molecular formula is C16H14N2O2. The smallest absolute Gasteiger partial charge is 0.161 e. The first-order chi connectivity index (χ1) is 9.80. The maximum absolute atomic E-state index is 8.98. The maximum atomic E-state index is 8.98. The summed E-state index contributed by atoms with van der Waals surface area (Å²) in [6, 6.07) is 11.4. The molecule has 0 aliphatic heterocycles. The lowest BCUT2D eigenvalue weighted by molar-refractivity contribution is 0.355. The van der Waals surface area contributed by atoms with Gasteiger partial charge in [0.15, 0.2) is 11.5 Å². The van der Waals surface area contributed by atoms with E-state index in [1.165, 1.54) is 6.08 Å². The average Bonchev–Trinajstić information content (AvgIpc) is 2.52. The van der Waals surface area contributed by atoms with Gasteiger partial charge in [0.2, 0.25) is 0 Å². The van der Waals surface area contributed by atoms with Crippen molar-refractivity contribution in [3.63, 3.8) is 0 Å². The summed E-state index contributed by atoms with van der Waals surface area (Å²) in [6.07, 6.45) is 4.92. The monoisotopic (exact) mass is 266 g/mol. The van der Waals surface area contributed by atoms with Crippen LogP contribution in [0.3, 0.4) is 0 Å². The zero-order valence-corrected chi connectivity index (χ0v) is 11.3. The van der Waals surface area contributed by atoms with Crippen molar-refractivity contribution >= 4 is 5.57 Å². The summed E-state index contributed by atoms with van der Waals surface area (Å²) >= 11 is 0. The van der Waals surface area contributed by atoms with Crippen LogP contribution in [0, 0.1) is 11.3 Å². The SMILES string of the molecule is COc1ccc(C(=CC#N)c2cccnc2)cc1OC. The molecule has 0 saturated heterocycles. The molecule has 2 rings (SSSR count). The molecule has 0 N–H and O–H groups in total. The quantitative estimate of drug-likeness (QED) is 0.798. The fourth-order valence-corrected chi connectivity index (χ4v) is 1.92. The van der Waals surface area contributed by atoms with Gasteiger partial charge in [0, 0.05) is 29.6 Å². The van der Waals surface area contributed by atoms with E-state index in [2.05, 4.69) is 11.1 Å². The Morgan fingerprint density at radius 3 is 2.55 bits per heavy atom. The first-order valence-corrected chi connectivity index (χ1v) is 6.02. The van der Waals surface area contributed by atoms with E-state index in [0.29, 0.717) is 11.5 Å². The predicted octanol–water partition coefficient (Wildman–Crippen LogP) is 3.05. The zero-order chi connectivity index (χ0) is 14.4. The molecule has 4 heteroatoms. The van der Waals surface area contributed by atoms with Crippen molar-refractivity contribution < 1.29 is 9.47 Å². The molecular weight excluding hydrogens is 252 g/mol. The highest BCUT2D eigenvalue weighted by Crippen LogP contribution is 2.32. The number of pyridine rings is 1. The Morgan fingerprint density at radius 1 is 1.15 bits per heavy atom. The topological polar surface area (TPSA) is 55.1 Å². The van der Waals surface area contributed by atoms with Gasteiger partial charge in [0.05, 0.1) is 20.3 Å². The van der Waals surface area contributed by atoms with E-state index in [1.807, 2.05) is 30.3 Å². The highest BCUT2D eigenvalue weighted by atomic mass is 16.5. The predicted molar refractivity (Wildman–Crippen MR) is 76.5 cm³/mol. The average molecular weight is 266 g/mol. The zero-order valence-electron chi connectivity index (χ0n) is 11.3. The Morgan fingerprint density at radius 2 is 1.95 bits per heavy atom. The van der Waals surface area contributed by atoms with Crippen molar-refractivity contribution in [3.05, 3.63) is 59.9 Å². The summed E-state index contributed by atoms with van der Waals surface area (Å²) < 4.78 is 10.5. The lowest BCUT2D eigenvalue weighted by Gasteiger charge is -2.11. The molecule has 0 radical (unpaired) electrons. The molecule has 0 fully saturated rings. The summed E-state index contributed by atoms with van der Waals surface area (Å²) in [4.78, 5) is 4.08. The standard InChI is InChI=1S/C16H14N2O2/c1-19-15-6-5-12(10-16(15)20-2)14(7-8-17)13-4-3-9-18-11-13/h3-7,9-11H,1-2H3. The third-order valence-corrected chi connectivity index (χ3v) is 2.88. The third kappa shape index (κ3) is 2.78. The molecule has 0 unspecified atom stereocenters. The number of aromatic nitrogens is 1. The van der Waals surface area contributed by atoms with E-state index < -0.39 is 0 Å². The lowest BCUT2D eigenvalue weighted by Crippen LogP contribution is -1.94. The Balaban J connectivity index is 2.52. The number of nitrogens with zero attached hydrogens (tertiary/aromatic N) is 2. The Hall–Kier alpha value is -2.80. The van der Waals surface area contributed by atoms with E-state index in [1.54, 1.807) is 26.6 Å². The fraction of sp³-hybridized carbons (Fsp3) is 0.125. The van der Waals surface area contributed by atoms with Crippen molar-refractivity contribution in [1.29, 1.82) is 5.26 Å². The van der Waals surface area contributed by atoms with Crippen molar-refractivity contribution in [2.45, 2.75) is 0 Å². The van der Waals surface area contributed by atoms with Gasteiger partial charge in [-0.05, 0) is 23.8 Å². The molecule has 1 aromatic heterocycles. The summed E-state index contributed by atoms with van der Waals surface area (Å²) in [5.41, 5.74) is 2.54. The second kappa shape index (κ2) is 6.39. The van der Waals surface area contributed by atoms with Crippen LogP contribution in [0.1, 0.15) is 11.1 Å². The summed E-state index contributed by atoms with van der Waals surface area (Å²) in [6.45, 7) is 0. The molecule has 1 aromatic carbocycles. The number of hydrogen-bond acceptors (Lipinski definition) is 4. The molecule has 100 valence electrons. The minimum atomic E-state index is 0.623. The van der Waals surface area contributed by atoms with E-state index in [-0.39, 0.29) is 0 Å². The van der Waals surface area contributed by atoms with E-state index in [9.17, 15) is 0 Å². The van der Waals surface area contributed by atoms with Gasteiger partial charge < -0.3 is 9.47 Å². The Labute approximate surface area is 117 Å². The Bertz CT molecular complexity index is 658. The molecule has 0 atom stereocenters. The molecule has 0 saturated carbocycles. The van der Waals surface area contributed by atoms with E-state index in [4.69, 9.17) is 14.7 Å². The normalized spacial score (nSPS) is 10.8. The van der Waals surface area contributed by atoms with Gasteiger partial charge in [-0.2, -0.15) is 5.26 Å². The summed E-state index contributed by atoms with van der Waals surface area (Å²) in [5.74, 6) is 1.27. The number of hydrogen-bond donors (Lipinski definition) is 0. The van der Waals surface area contributed by atoms with Crippen molar-refractivity contribution in [1.82, 2.24) is 4.98 Å². The van der Waals surface area contributed by atoms with Crippen LogP contribution in [-0.2, 0) is 0 Å². The second-order valence-corrected chi connectivity index (χ2v) is 4.00. The summed E-state index contributed by atoms with van der Waals surface area (Å²) in [5, 5.41) is 8.98. The van der Waals surface area contributed by atoms with Crippen LogP contribution in [-0.4, -0.2) is 19.2 Å². The number of methoxy groups -OCH3 is 2. The minimum Gasteiger partial charge on any atom is -0.493 e. The van der Waals surface area contributed by atoms with Crippen molar-refractivity contribution in [2.24, 2.45) is 0 Å². The maximum Gasteiger partial charge on any atom is 0.161 e. The first kappa shape index (κ1) is 13.6. The molecule has 20 heavy (non-hydrogen) atoms. The van der Waals surface area contributed by atoms with Crippen LogP contribution in [0.25, 0.3) is 5.57 Å². The molecule has 0 spiro atoms. The lowest BCUT2D eigenvalue weighted by atomic mass is 9.99. The van der Waals surface area contributed by atoms with Gasteiger partial charge in [-0.15, -0.1) is 0 Å². The van der Waals surface area contributed by atoms with E-state index in [0.717, 1.165) is 16.7 Å². The van der Waals surface area contributed by atoms with Crippen LogP contribution in [0.4, 0.5) is 0 Å². The molecule has 1 heterocycles. The van der Waals surface area contributed by atoms with Gasteiger partial charge >= 0.3 is 0 Å². The number of allylic oxidation sites excluding steroid dienone is 1. The largest absolute Gasteiger partial charge is 0.493 e. The Kier molecular flexibility index (Phi) is 4.35. The fourth-order valence-electron chi connectivity index (χ4n) is 1.92. The van der Waals surface area contributed by atoms with Gasteiger partial charge in [0.25, 0.3) is 0 Å². The number of nitriles is 1. The van der Waals surface area contributed by atoms with Gasteiger partial charge in [-0.25, -0.2) is 0 Å². The third-order valence-electron chi connectivity index (χ3n) is 2.88. The molecule has 0 aliphatic rings. The molecule has 0 aliphatic carbocycles. The van der Waals surface area contributed by atoms with Crippen LogP contribution >= 0.6 is 0 Å². The van der Waals surface area contributed by atoms with Crippen molar-refractivity contribution in [3.8, 4) is 17.6 Å². The second-order valence-electron chi connectivity index (χ2n) is 4.00. The van der Waals surface area contributed by atoms with E-state index >= 15 is 0 Å². The van der Waals surface area contributed by atoms with Crippen molar-refractivity contribution in [2.75, 3.05) is 14.2 Å². The number of ether oxygens (including phenoxy) is 2. The molecule has 2 aromatic rings.